The minimum absolute atomic E-state index is 0.297. The van der Waals surface area contributed by atoms with Crippen molar-refractivity contribution in [1.82, 2.24) is 8.61 Å². The molecule has 2 fully saturated rings. The molecule has 0 amide bonds. The lowest BCUT2D eigenvalue weighted by molar-refractivity contribution is 0.206. The molecule has 1 heterocycles. The third kappa shape index (κ3) is 4.35. The Morgan fingerprint density at radius 2 is 1.71 bits per heavy atom. The highest BCUT2D eigenvalue weighted by molar-refractivity contribution is 7.86. The Hall–Kier alpha value is -0.980. The lowest BCUT2D eigenvalue weighted by atomic mass is 9.94. The van der Waals surface area contributed by atoms with Crippen LogP contribution >= 0.6 is 0 Å². The molecule has 6 heteroatoms. The SMILES string of the molecule is CC1CC(C)CN(S(=O)(=O)N(Cc2ccc(F)cc2)CC2CC2)C1. The Labute approximate surface area is 144 Å². The van der Waals surface area contributed by atoms with Crippen LogP contribution in [-0.2, 0) is 16.8 Å². The molecular formula is C18H27FN2O2S. The van der Waals surface area contributed by atoms with Gasteiger partial charge in [-0.25, -0.2) is 4.39 Å². The van der Waals surface area contributed by atoms with Crippen molar-refractivity contribution in [2.75, 3.05) is 19.6 Å². The van der Waals surface area contributed by atoms with Crippen molar-refractivity contribution in [2.45, 2.75) is 39.7 Å². The van der Waals surface area contributed by atoms with Crippen LogP contribution in [0.4, 0.5) is 4.39 Å². The van der Waals surface area contributed by atoms with E-state index in [0.29, 0.717) is 43.9 Å². The first-order valence-electron chi connectivity index (χ1n) is 8.84. The average Bonchev–Trinajstić information content (AvgIpc) is 3.32. The molecule has 1 aliphatic carbocycles. The molecule has 1 saturated carbocycles. The summed E-state index contributed by atoms with van der Waals surface area (Å²) in [7, 11) is -3.48. The maximum Gasteiger partial charge on any atom is 0.282 e. The van der Waals surface area contributed by atoms with Crippen LogP contribution in [0.2, 0.25) is 0 Å². The van der Waals surface area contributed by atoms with E-state index in [2.05, 4.69) is 13.8 Å². The summed E-state index contributed by atoms with van der Waals surface area (Å²) in [5.41, 5.74) is 0.832. The Morgan fingerprint density at radius 1 is 1.12 bits per heavy atom. The summed E-state index contributed by atoms with van der Waals surface area (Å²) in [6.07, 6.45) is 3.27. The zero-order valence-electron chi connectivity index (χ0n) is 14.5. The Bertz CT molecular complexity index is 648. The average molecular weight is 354 g/mol. The van der Waals surface area contributed by atoms with E-state index in [0.717, 1.165) is 24.8 Å². The third-order valence-corrected chi connectivity index (χ3v) is 6.80. The predicted molar refractivity (Wildman–Crippen MR) is 93.0 cm³/mol. The van der Waals surface area contributed by atoms with Gasteiger partial charge in [0.1, 0.15) is 5.82 Å². The highest BCUT2D eigenvalue weighted by Gasteiger charge is 2.37. The molecule has 0 radical (unpaired) electrons. The Morgan fingerprint density at radius 3 is 2.25 bits per heavy atom. The number of hydrogen-bond donors (Lipinski definition) is 0. The number of hydrogen-bond acceptors (Lipinski definition) is 2. The van der Waals surface area contributed by atoms with Crippen molar-refractivity contribution in [1.29, 1.82) is 0 Å². The van der Waals surface area contributed by atoms with E-state index in [1.54, 1.807) is 20.7 Å². The predicted octanol–water partition coefficient (Wildman–Crippen LogP) is 3.26. The van der Waals surface area contributed by atoms with Crippen LogP contribution in [0.3, 0.4) is 0 Å². The Kier molecular flexibility index (Phi) is 5.27. The highest BCUT2D eigenvalue weighted by atomic mass is 32.2. The van der Waals surface area contributed by atoms with Gasteiger partial charge in [-0.05, 0) is 54.7 Å². The molecule has 1 saturated heterocycles. The van der Waals surface area contributed by atoms with E-state index >= 15 is 0 Å². The lowest BCUT2D eigenvalue weighted by Gasteiger charge is -2.37. The maximum atomic E-state index is 13.2. The number of piperidine rings is 1. The molecule has 0 aromatic heterocycles. The molecule has 1 aliphatic heterocycles. The van der Waals surface area contributed by atoms with E-state index in [4.69, 9.17) is 0 Å². The van der Waals surface area contributed by atoms with E-state index in [1.165, 1.54) is 12.1 Å². The quantitative estimate of drug-likeness (QED) is 0.787. The van der Waals surface area contributed by atoms with Gasteiger partial charge in [0.05, 0.1) is 0 Å². The molecule has 3 rings (SSSR count). The summed E-state index contributed by atoms with van der Waals surface area (Å²) in [5, 5.41) is 0. The van der Waals surface area contributed by atoms with Crippen LogP contribution in [0, 0.1) is 23.6 Å². The second-order valence-electron chi connectivity index (χ2n) is 7.63. The summed E-state index contributed by atoms with van der Waals surface area (Å²) in [6, 6.07) is 6.13. The second-order valence-corrected chi connectivity index (χ2v) is 9.56. The lowest BCUT2D eigenvalue weighted by Crippen LogP contribution is -2.49. The monoisotopic (exact) mass is 354 g/mol. The van der Waals surface area contributed by atoms with Crippen molar-refractivity contribution in [3.8, 4) is 0 Å². The number of nitrogens with zero attached hydrogens (tertiary/aromatic N) is 2. The van der Waals surface area contributed by atoms with Crippen molar-refractivity contribution in [3.05, 3.63) is 35.6 Å². The third-order valence-electron chi connectivity index (χ3n) is 4.92. The molecule has 1 aromatic carbocycles. The van der Waals surface area contributed by atoms with Gasteiger partial charge in [0.25, 0.3) is 10.2 Å². The summed E-state index contributed by atoms with van der Waals surface area (Å²) in [5.74, 6) is 0.947. The number of rotatable bonds is 6. The van der Waals surface area contributed by atoms with Crippen molar-refractivity contribution < 1.29 is 12.8 Å². The minimum Gasteiger partial charge on any atom is -0.207 e. The fourth-order valence-electron chi connectivity index (χ4n) is 3.58. The van der Waals surface area contributed by atoms with Crippen molar-refractivity contribution in [2.24, 2.45) is 17.8 Å². The van der Waals surface area contributed by atoms with Crippen LogP contribution in [0.5, 0.6) is 0 Å². The maximum absolute atomic E-state index is 13.2. The zero-order valence-corrected chi connectivity index (χ0v) is 15.3. The summed E-state index contributed by atoms with van der Waals surface area (Å²) < 4.78 is 42.7. The van der Waals surface area contributed by atoms with Crippen molar-refractivity contribution >= 4 is 10.2 Å². The van der Waals surface area contributed by atoms with Crippen LogP contribution < -0.4 is 0 Å². The van der Waals surface area contributed by atoms with Gasteiger partial charge in [-0.15, -0.1) is 0 Å². The molecule has 4 nitrogen and oxygen atoms in total. The fourth-order valence-corrected chi connectivity index (χ4v) is 5.50. The molecule has 134 valence electrons. The van der Waals surface area contributed by atoms with Crippen LogP contribution in [0.15, 0.2) is 24.3 Å². The van der Waals surface area contributed by atoms with E-state index < -0.39 is 10.2 Å². The molecule has 2 atom stereocenters. The fraction of sp³-hybridized carbons (Fsp3) is 0.667. The standard InChI is InChI=1S/C18H27FN2O2S/c1-14-9-15(2)11-20(10-14)24(22,23)21(12-16-3-4-16)13-17-5-7-18(19)8-6-17/h5-8,14-16H,3-4,9-13H2,1-2H3. The van der Waals surface area contributed by atoms with E-state index in [9.17, 15) is 12.8 Å². The Balaban J connectivity index is 1.79. The van der Waals surface area contributed by atoms with Crippen LogP contribution in [-0.4, -0.2) is 36.7 Å². The molecule has 2 aliphatic rings. The molecule has 0 spiro atoms. The minimum atomic E-state index is -3.48. The van der Waals surface area contributed by atoms with Gasteiger partial charge in [-0.3, -0.25) is 0 Å². The van der Waals surface area contributed by atoms with Gasteiger partial charge in [0, 0.05) is 26.2 Å². The first-order valence-corrected chi connectivity index (χ1v) is 10.2. The van der Waals surface area contributed by atoms with Crippen LogP contribution in [0.25, 0.3) is 0 Å². The first kappa shape index (κ1) is 17.8. The van der Waals surface area contributed by atoms with Gasteiger partial charge in [0.2, 0.25) is 0 Å². The summed E-state index contributed by atoms with van der Waals surface area (Å²) >= 11 is 0. The molecule has 24 heavy (non-hydrogen) atoms. The normalized spacial score (nSPS) is 26.0. The van der Waals surface area contributed by atoms with Gasteiger partial charge in [-0.2, -0.15) is 17.0 Å². The smallest absolute Gasteiger partial charge is 0.207 e. The highest BCUT2D eigenvalue weighted by Crippen LogP contribution is 2.33. The molecule has 0 N–H and O–H groups in total. The summed E-state index contributed by atoms with van der Waals surface area (Å²) in [6.45, 7) is 6.30. The largest absolute Gasteiger partial charge is 0.282 e. The molecule has 2 unspecified atom stereocenters. The van der Waals surface area contributed by atoms with Gasteiger partial charge in [0.15, 0.2) is 0 Å². The molecular weight excluding hydrogens is 327 g/mol. The van der Waals surface area contributed by atoms with E-state index in [1.807, 2.05) is 0 Å². The van der Waals surface area contributed by atoms with Gasteiger partial charge in [-0.1, -0.05) is 26.0 Å². The number of halogens is 1. The zero-order chi connectivity index (χ0) is 17.3. The summed E-state index contributed by atoms with van der Waals surface area (Å²) in [4.78, 5) is 0. The number of benzene rings is 1. The second kappa shape index (κ2) is 7.10. The molecule has 0 bridgehead atoms. The topological polar surface area (TPSA) is 40.6 Å². The van der Waals surface area contributed by atoms with E-state index in [-0.39, 0.29) is 5.82 Å². The van der Waals surface area contributed by atoms with Gasteiger partial charge < -0.3 is 0 Å². The van der Waals surface area contributed by atoms with Gasteiger partial charge >= 0.3 is 0 Å². The first-order chi connectivity index (χ1) is 11.3. The van der Waals surface area contributed by atoms with Crippen LogP contribution in [0.1, 0.15) is 38.7 Å². The molecule has 1 aromatic rings. The van der Waals surface area contributed by atoms with Crippen molar-refractivity contribution in [3.63, 3.8) is 0 Å².